The number of aliphatic carboxylic acids is 1. The fraction of sp³-hybridized carbons (Fsp3) is 0.789. The van der Waals surface area contributed by atoms with Crippen molar-refractivity contribution in [1.29, 1.82) is 0 Å². The van der Waals surface area contributed by atoms with Crippen molar-refractivity contribution >= 4 is 23.9 Å². The highest BCUT2D eigenvalue weighted by molar-refractivity contribution is 5.74. The smallest absolute Gasteiger partial charge is 0.315 e. The van der Waals surface area contributed by atoms with E-state index in [9.17, 15) is 19.2 Å². The summed E-state index contributed by atoms with van der Waals surface area (Å²) in [6.45, 7) is 3.17. The zero-order valence-electron chi connectivity index (χ0n) is 16.4. The standard InChI is InChI=1S/C19H32O8/c1-3-9-17(22)25-13-15(11-7-5-6-8-12-16(20)21)19(24)27-14-26-18(23)10-4-2/h15H,3-14H2,1-2H3,(H,20,21). The number of rotatable bonds is 16. The van der Waals surface area contributed by atoms with E-state index in [4.69, 9.17) is 19.3 Å². The molecule has 0 aliphatic rings. The molecule has 8 nitrogen and oxygen atoms in total. The molecule has 0 rings (SSSR count). The van der Waals surface area contributed by atoms with E-state index in [2.05, 4.69) is 0 Å². The Hall–Kier alpha value is -2.12. The molecule has 0 amide bonds. The van der Waals surface area contributed by atoms with Crippen molar-refractivity contribution in [2.75, 3.05) is 13.4 Å². The van der Waals surface area contributed by atoms with E-state index in [1.165, 1.54) is 0 Å². The molecule has 0 heterocycles. The molecule has 8 heteroatoms. The zero-order chi connectivity index (χ0) is 20.5. The van der Waals surface area contributed by atoms with Crippen molar-refractivity contribution in [3.8, 4) is 0 Å². The average Bonchev–Trinajstić information content (AvgIpc) is 2.60. The van der Waals surface area contributed by atoms with Gasteiger partial charge in [-0.3, -0.25) is 19.2 Å². The third-order valence-corrected chi connectivity index (χ3v) is 3.80. The number of carbonyl (C=O) groups excluding carboxylic acids is 3. The maximum Gasteiger partial charge on any atom is 0.315 e. The minimum Gasteiger partial charge on any atom is -0.481 e. The minimum atomic E-state index is -0.822. The molecule has 0 radical (unpaired) electrons. The minimum absolute atomic E-state index is 0.0737. The van der Waals surface area contributed by atoms with Gasteiger partial charge in [-0.1, -0.05) is 33.1 Å². The van der Waals surface area contributed by atoms with Crippen molar-refractivity contribution in [3.63, 3.8) is 0 Å². The Morgan fingerprint density at radius 2 is 1.37 bits per heavy atom. The van der Waals surface area contributed by atoms with Gasteiger partial charge in [-0.15, -0.1) is 0 Å². The SMILES string of the molecule is CCCC(=O)OCOC(=O)C(CCCCCCC(=O)O)COC(=O)CCC. The summed E-state index contributed by atoms with van der Waals surface area (Å²) in [6.07, 6.45) is 5.21. The Kier molecular flexibility index (Phi) is 14.8. The first-order valence-corrected chi connectivity index (χ1v) is 9.60. The quantitative estimate of drug-likeness (QED) is 0.243. The van der Waals surface area contributed by atoms with Crippen molar-refractivity contribution < 1.29 is 38.5 Å². The predicted octanol–water partition coefficient (Wildman–Crippen LogP) is 3.22. The van der Waals surface area contributed by atoms with Crippen molar-refractivity contribution in [2.24, 2.45) is 5.92 Å². The van der Waals surface area contributed by atoms with Crippen LogP contribution in [0.25, 0.3) is 0 Å². The number of carbonyl (C=O) groups is 4. The molecule has 1 unspecified atom stereocenters. The first-order chi connectivity index (χ1) is 12.9. The Morgan fingerprint density at radius 1 is 0.778 bits per heavy atom. The van der Waals surface area contributed by atoms with Crippen LogP contribution >= 0.6 is 0 Å². The van der Waals surface area contributed by atoms with Gasteiger partial charge >= 0.3 is 23.9 Å². The van der Waals surface area contributed by atoms with Crippen LogP contribution in [-0.2, 0) is 33.4 Å². The molecule has 0 spiro atoms. The highest BCUT2D eigenvalue weighted by Gasteiger charge is 2.22. The summed E-state index contributed by atoms with van der Waals surface area (Å²) in [5, 5.41) is 8.61. The number of hydrogen-bond donors (Lipinski definition) is 1. The lowest BCUT2D eigenvalue weighted by Crippen LogP contribution is -2.25. The molecule has 0 aliphatic heterocycles. The van der Waals surface area contributed by atoms with E-state index >= 15 is 0 Å². The van der Waals surface area contributed by atoms with Gasteiger partial charge < -0.3 is 19.3 Å². The fourth-order valence-electron chi connectivity index (χ4n) is 2.31. The van der Waals surface area contributed by atoms with Crippen molar-refractivity contribution in [3.05, 3.63) is 0 Å². The molecule has 0 aromatic rings. The van der Waals surface area contributed by atoms with Gasteiger partial charge in [0, 0.05) is 19.3 Å². The van der Waals surface area contributed by atoms with Crippen LogP contribution in [0.3, 0.4) is 0 Å². The lowest BCUT2D eigenvalue weighted by Gasteiger charge is -2.16. The van der Waals surface area contributed by atoms with Gasteiger partial charge in [0.25, 0.3) is 0 Å². The number of ether oxygens (including phenoxy) is 3. The third-order valence-electron chi connectivity index (χ3n) is 3.80. The van der Waals surface area contributed by atoms with Crippen LogP contribution in [0.2, 0.25) is 0 Å². The highest BCUT2D eigenvalue weighted by Crippen LogP contribution is 2.15. The summed E-state index contributed by atoms with van der Waals surface area (Å²) in [4.78, 5) is 45.5. The lowest BCUT2D eigenvalue weighted by molar-refractivity contribution is -0.172. The maximum absolute atomic E-state index is 12.2. The summed E-state index contributed by atoms with van der Waals surface area (Å²) in [6, 6.07) is 0. The van der Waals surface area contributed by atoms with Crippen LogP contribution in [0.15, 0.2) is 0 Å². The molecule has 0 saturated heterocycles. The number of carboxylic acids is 1. The van der Waals surface area contributed by atoms with Gasteiger partial charge in [-0.2, -0.15) is 0 Å². The van der Waals surface area contributed by atoms with Gasteiger partial charge in [0.15, 0.2) is 0 Å². The summed E-state index contributed by atoms with van der Waals surface area (Å²) in [5.74, 6) is -2.83. The van der Waals surface area contributed by atoms with E-state index in [-0.39, 0.29) is 31.8 Å². The molecule has 1 N–H and O–H groups in total. The summed E-state index contributed by atoms with van der Waals surface area (Å²) in [5.41, 5.74) is 0. The molecule has 0 aliphatic carbocycles. The molecule has 156 valence electrons. The average molecular weight is 388 g/mol. The van der Waals surface area contributed by atoms with Gasteiger partial charge in [0.05, 0.1) is 5.92 Å². The number of carboxylic acid groups (broad SMARTS) is 1. The molecule has 0 saturated carbocycles. The van der Waals surface area contributed by atoms with Gasteiger partial charge in [-0.05, 0) is 25.7 Å². The van der Waals surface area contributed by atoms with Gasteiger partial charge in [0.1, 0.15) is 6.61 Å². The summed E-state index contributed by atoms with van der Waals surface area (Å²) < 4.78 is 14.9. The van der Waals surface area contributed by atoms with Crippen LogP contribution in [-0.4, -0.2) is 42.4 Å². The summed E-state index contributed by atoms with van der Waals surface area (Å²) >= 11 is 0. The van der Waals surface area contributed by atoms with Crippen LogP contribution in [0, 0.1) is 5.92 Å². The second-order valence-electron chi connectivity index (χ2n) is 6.32. The normalized spacial score (nSPS) is 11.5. The Morgan fingerprint density at radius 3 is 1.96 bits per heavy atom. The zero-order valence-corrected chi connectivity index (χ0v) is 16.4. The van der Waals surface area contributed by atoms with Crippen molar-refractivity contribution in [1.82, 2.24) is 0 Å². The number of hydrogen-bond acceptors (Lipinski definition) is 7. The molecule has 0 aromatic carbocycles. The van der Waals surface area contributed by atoms with E-state index in [1.807, 2.05) is 13.8 Å². The molecular weight excluding hydrogens is 356 g/mol. The van der Waals surface area contributed by atoms with E-state index in [1.54, 1.807) is 0 Å². The molecule has 0 fully saturated rings. The Labute approximate surface area is 160 Å². The third kappa shape index (κ3) is 14.7. The Balaban J connectivity index is 4.32. The molecular formula is C19H32O8. The number of esters is 3. The second-order valence-corrected chi connectivity index (χ2v) is 6.32. The van der Waals surface area contributed by atoms with E-state index in [0.717, 1.165) is 12.8 Å². The predicted molar refractivity (Wildman–Crippen MR) is 96.7 cm³/mol. The highest BCUT2D eigenvalue weighted by atomic mass is 16.7. The monoisotopic (exact) mass is 388 g/mol. The van der Waals surface area contributed by atoms with E-state index < -0.39 is 30.6 Å². The first-order valence-electron chi connectivity index (χ1n) is 9.60. The lowest BCUT2D eigenvalue weighted by atomic mass is 10.0. The van der Waals surface area contributed by atoms with Gasteiger partial charge in [-0.25, -0.2) is 0 Å². The molecule has 27 heavy (non-hydrogen) atoms. The van der Waals surface area contributed by atoms with Crippen LogP contribution < -0.4 is 0 Å². The largest absolute Gasteiger partial charge is 0.481 e. The second kappa shape index (κ2) is 16.1. The fourth-order valence-corrected chi connectivity index (χ4v) is 2.31. The van der Waals surface area contributed by atoms with Gasteiger partial charge in [0.2, 0.25) is 6.79 Å². The first kappa shape index (κ1) is 24.9. The van der Waals surface area contributed by atoms with Crippen LogP contribution in [0.4, 0.5) is 0 Å². The van der Waals surface area contributed by atoms with E-state index in [0.29, 0.717) is 32.1 Å². The molecule has 0 bridgehead atoms. The molecule has 1 atom stereocenters. The van der Waals surface area contributed by atoms with Crippen molar-refractivity contribution in [2.45, 2.75) is 78.1 Å². The topological polar surface area (TPSA) is 116 Å². The van der Waals surface area contributed by atoms with Crippen LogP contribution in [0.1, 0.15) is 78.1 Å². The number of unbranched alkanes of at least 4 members (excludes halogenated alkanes) is 3. The maximum atomic E-state index is 12.2. The van der Waals surface area contributed by atoms with Crippen LogP contribution in [0.5, 0.6) is 0 Å². The molecule has 0 aromatic heterocycles. The Bertz CT molecular complexity index is 461. The summed E-state index contributed by atoms with van der Waals surface area (Å²) in [7, 11) is 0.